The van der Waals surface area contributed by atoms with Crippen LogP contribution in [0.15, 0.2) is 74.9 Å². The summed E-state index contributed by atoms with van der Waals surface area (Å²) in [6.07, 6.45) is 1.69. The standard InChI is InChI=1S/C19H17BrN2O2S/c1-2-22(16-6-4-3-5-7-16)18(23)13-25-19-21-12-17(24-19)14-8-10-15(20)11-9-14/h3-12H,2,13H2,1H3. The first-order chi connectivity index (χ1) is 12.2. The second-order valence-electron chi connectivity index (χ2n) is 5.26. The molecule has 0 aliphatic rings. The van der Waals surface area contributed by atoms with Gasteiger partial charge in [0.05, 0.1) is 11.9 Å². The number of nitrogens with zero attached hydrogens (tertiary/aromatic N) is 2. The Hall–Kier alpha value is -2.05. The van der Waals surface area contributed by atoms with Crippen molar-refractivity contribution in [3.63, 3.8) is 0 Å². The van der Waals surface area contributed by atoms with Crippen molar-refractivity contribution in [2.24, 2.45) is 0 Å². The molecule has 128 valence electrons. The van der Waals surface area contributed by atoms with Gasteiger partial charge in [-0.3, -0.25) is 4.79 Å². The molecule has 1 amide bonds. The number of carbonyl (C=O) groups is 1. The number of carbonyl (C=O) groups excluding carboxylic acids is 1. The maximum atomic E-state index is 12.5. The van der Waals surface area contributed by atoms with Crippen LogP contribution in [0.1, 0.15) is 6.92 Å². The van der Waals surface area contributed by atoms with E-state index in [2.05, 4.69) is 20.9 Å². The second-order valence-corrected chi connectivity index (χ2v) is 7.10. The molecule has 1 heterocycles. The van der Waals surface area contributed by atoms with Crippen molar-refractivity contribution < 1.29 is 9.21 Å². The van der Waals surface area contributed by atoms with Crippen LogP contribution in [0.2, 0.25) is 0 Å². The Balaban J connectivity index is 1.63. The Labute approximate surface area is 159 Å². The monoisotopic (exact) mass is 416 g/mol. The van der Waals surface area contributed by atoms with Crippen molar-refractivity contribution in [2.45, 2.75) is 12.1 Å². The first-order valence-electron chi connectivity index (χ1n) is 7.87. The first-order valence-corrected chi connectivity index (χ1v) is 9.65. The largest absolute Gasteiger partial charge is 0.431 e. The normalized spacial score (nSPS) is 10.6. The number of thioether (sulfide) groups is 1. The molecule has 0 saturated heterocycles. The summed E-state index contributed by atoms with van der Waals surface area (Å²) in [5, 5.41) is 0.496. The fraction of sp³-hybridized carbons (Fsp3) is 0.158. The number of oxazole rings is 1. The molecule has 2 aromatic carbocycles. The maximum Gasteiger partial charge on any atom is 0.256 e. The van der Waals surface area contributed by atoms with Crippen LogP contribution in [-0.2, 0) is 4.79 Å². The smallest absolute Gasteiger partial charge is 0.256 e. The molecule has 0 saturated carbocycles. The number of hydrogen-bond donors (Lipinski definition) is 0. The SMILES string of the molecule is CCN(C(=O)CSc1ncc(-c2ccc(Br)cc2)o1)c1ccccc1. The number of aromatic nitrogens is 1. The average molecular weight is 417 g/mol. The number of halogens is 1. The van der Waals surface area contributed by atoms with E-state index in [-0.39, 0.29) is 11.7 Å². The van der Waals surface area contributed by atoms with Gasteiger partial charge in [0.15, 0.2) is 5.76 Å². The molecule has 0 bridgehead atoms. The van der Waals surface area contributed by atoms with Gasteiger partial charge in [0.25, 0.3) is 5.22 Å². The van der Waals surface area contributed by atoms with Gasteiger partial charge in [-0.15, -0.1) is 0 Å². The van der Waals surface area contributed by atoms with E-state index in [9.17, 15) is 4.79 Å². The van der Waals surface area contributed by atoms with Crippen molar-refractivity contribution in [3.8, 4) is 11.3 Å². The molecule has 1 aromatic heterocycles. The highest BCUT2D eigenvalue weighted by atomic mass is 79.9. The number of benzene rings is 2. The highest BCUT2D eigenvalue weighted by molar-refractivity contribution is 9.10. The number of rotatable bonds is 6. The quantitative estimate of drug-likeness (QED) is 0.514. The van der Waals surface area contributed by atoms with Crippen molar-refractivity contribution in [3.05, 3.63) is 65.3 Å². The molecular formula is C19H17BrN2O2S. The zero-order valence-corrected chi connectivity index (χ0v) is 16.1. The molecule has 0 N–H and O–H groups in total. The van der Waals surface area contributed by atoms with Crippen LogP contribution >= 0.6 is 27.7 Å². The van der Waals surface area contributed by atoms with E-state index in [1.54, 1.807) is 11.1 Å². The lowest BCUT2D eigenvalue weighted by atomic mass is 10.2. The van der Waals surface area contributed by atoms with E-state index in [4.69, 9.17) is 4.42 Å². The number of amides is 1. The lowest BCUT2D eigenvalue weighted by Gasteiger charge is -2.20. The van der Waals surface area contributed by atoms with Gasteiger partial charge in [0.2, 0.25) is 5.91 Å². The van der Waals surface area contributed by atoms with E-state index in [1.165, 1.54) is 11.8 Å². The zero-order valence-electron chi connectivity index (χ0n) is 13.7. The molecule has 0 fully saturated rings. The molecule has 3 aromatic rings. The third-order valence-electron chi connectivity index (χ3n) is 3.62. The number of anilines is 1. The minimum atomic E-state index is 0.0297. The Morgan fingerprint density at radius 2 is 1.88 bits per heavy atom. The Morgan fingerprint density at radius 3 is 2.56 bits per heavy atom. The summed E-state index contributed by atoms with van der Waals surface area (Å²) >= 11 is 4.72. The van der Waals surface area contributed by atoms with Crippen molar-refractivity contribution in [2.75, 3.05) is 17.2 Å². The third kappa shape index (κ3) is 4.52. The molecule has 0 aliphatic carbocycles. The number of hydrogen-bond acceptors (Lipinski definition) is 4. The van der Waals surface area contributed by atoms with E-state index in [0.717, 1.165) is 15.7 Å². The first kappa shape index (κ1) is 17.8. The predicted molar refractivity (Wildman–Crippen MR) is 105 cm³/mol. The molecule has 6 heteroatoms. The van der Waals surface area contributed by atoms with Crippen molar-refractivity contribution in [1.29, 1.82) is 0 Å². The minimum absolute atomic E-state index is 0.0297. The topological polar surface area (TPSA) is 46.3 Å². The molecule has 0 aliphatic heterocycles. The van der Waals surface area contributed by atoms with E-state index < -0.39 is 0 Å². The molecule has 0 radical (unpaired) electrons. The summed E-state index contributed by atoms with van der Waals surface area (Å²) in [5.74, 6) is 1.00. The molecule has 25 heavy (non-hydrogen) atoms. The van der Waals surface area contributed by atoms with Gasteiger partial charge in [0.1, 0.15) is 0 Å². The summed E-state index contributed by atoms with van der Waals surface area (Å²) in [6, 6.07) is 17.5. The van der Waals surface area contributed by atoms with Gasteiger partial charge < -0.3 is 9.32 Å². The molecule has 0 atom stereocenters. The van der Waals surface area contributed by atoms with Gasteiger partial charge in [-0.1, -0.05) is 58.0 Å². The minimum Gasteiger partial charge on any atom is -0.431 e. The van der Waals surface area contributed by atoms with Gasteiger partial charge in [-0.25, -0.2) is 4.98 Å². The molecule has 4 nitrogen and oxygen atoms in total. The van der Waals surface area contributed by atoms with Crippen LogP contribution in [0.4, 0.5) is 5.69 Å². The molecule has 3 rings (SSSR count). The van der Waals surface area contributed by atoms with Crippen LogP contribution in [0.3, 0.4) is 0 Å². The van der Waals surface area contributed by atoms with Crippen LogP contribution in [0.25, 0.3) is 11.3 Å². The molecule has 0 unspecified atom stereocenters. The molecule has 0 spiro atoms. The van der Waals surface area contributed by atoms with Gasteiger partial charge in [0, 0.05) is 22.3 Å². The van der Waals surface area contributed by atoms with E-state index >= 15 is 0 Å². The van der Waals surface area contributed by atoms with Gasteiger partial charge in [-0.05, 0) is 31.2 Å². The van der Waals surface area contributed by atoms with Crippen LogP contribution in [0, 0.1) is 0 Å². The lowest BCUT2D eigenvalue weighted by Crippen LogP contribution is -2.32. The fourth-order valence-corrected chi connectivity index (χ4v) is 3.33. The zero-order chi connectivity index (χ0) is 17.6. The highest BCUT2D eigenvalue weighted by Gasteiger charge is 2.16. The van der Waals surface area contributed by atoms with Crippen LogP contribution in [-0.4, -0.2) is 23.2 Å². The van der Waals surface area contributed by atoms with Crippen molar-refractivity contribution in [1.82, 2.24) is 4.98 Å². The summed E-state index contributed by atoms with van der Waals surface area (Å²) in [4.78, 5) is 18.5. The summed E-state index contributed by atoms with van der Waals surface area (Å²) < 4.78 is 6.76. The number of para-hydroxylation sites is 1. The van der Waals surface area contributed by atoms with Gasteiger partial charge >= 0.3 is 0 Å². The molecular weight excluding hydrogens is 400 g/mol. The van der Waals surface area contributed by atoms with Crippen LogP contribution in [0.5, 0.6) is 0 Å². The Morgan fingerprint density at radius 1 is 1.16 bits per heavy atom. The fourth-order valence-electron chi connectivity index (χ4n) is 2.38. The van der Waals surface area contributed by atoms with E-state index in [0.29, 0.717) is 17.5 Å². The summed E-state index contributed by atoms with van der Waals surface area (Å²) in [5.41, 5.74) is 1.85. The Kier molecular flexibility index (Phi) is 5.94. The highest BCUT2D eigenvalue weighted by Crippen LogP contribution is 2.27. The summed E-state index contributed by atoms with van der Waals surface area (Å²) in [7, 11) is 0. The second kappa shape index (κ2) is 8.36. The lowest BCUT2D eigenvalue weighted by molar-refractivity contribution is -0.116. The van der Waals surface area contributed by atoms with Crippen molar-refractivity contribution >= 4 is 39.3 Å². The van der Waals surface area contributed by atoms with E-state index in [1.807, 2.05) is 61.5 Å². The third-order valence-corrected chi connectivity index (χ3v) is 4.97. The van der Waals surface area contributed by atoms with Gasteiger partial charge in [-0.2, -0.15) is 0 Å². The predicted octanol–water partition coefficient (Wildman–Crippen LogP) is 5.25. The maximum absolute atomic E-state index is 12.5. The Bertz CT molecular complexity index is 834. The average Bonchev–Trinajstić information content (AvgIpc) is 3.11. The van der Waals surface area contributed by atoms with Crippen LogP contribution < -0.4 is 4.90 Å². The summed E-state index contributed by atoms with van der Waals surface area (Å²) in [6.45, 7) is 2.59.